The van der Waals surface area contributed by atoms with Crippen LogP contribution in [0, 0.1) is 10.4 Å². The average Bonchev–Trinajstić information content (AvgIpc) is 2.54. The fourth-order valence-corrected chi connectivity index (χ4v) is 3.20. The Hall–Kier alpha value is -0.200. The van der Waals surface area contributed by atoms with Gasteiger partial charge in [-0.25, -0.2) is 0 Å². The van der Waals surface area contributed by atoms with E-state index in [1.165, 1.54) is 0 Å². The van der Waals surface area contributed by atoms with Gasteiger partial charge in [0.05, 0.1) is 26.2 Å². The Morgan fingerprint density at radius 1 is 0.625 bits per heavy atom. The zero-order valence-electron chi connectivity index (χ0n) is 16.6. The molecule has 24 heavy (non-hydrogen) atoms. The fourth-order valence-electron chi connectivity index (χ4n) is 3.20. The second kappa shape index (κ2) is 13.1. The molecule has 0 spiro atoms. The van der Waals surface area contributed by atoms with Crippen LogP contribution in [-0.4, -0.2) is 59.8 Å². The van der Waals surface area contributed by atoms with E-state index in [9.17, 15) is 15.5 Å². The van der Waals surface area contributed by atoms with E-state index in [1.54, 1.807) is 0 Å². The molecule has 5 nitrogen and oxygen atoms in total. The highest BCUT2D eigenvalue weighted by molar-refractivity contribution is 4.60. The number of hydrogen-bond donors (Lipinski definition) is 1. The van der Waals surface area contributed by atoms with Crippen LogP contribution in [0.4, 0.5) is 0 Å². The lowest BCUT2D eigenvalue weighted by molar-refractivity contribution is -0.905. The SMILES string of the molecule is CCCC[N+]([O-])(CCCC)CC(O)C[N+]([O-])(CCCC)CCCC. The van der Waals surface area contributed by atoms with E-state index >= 15 is 0 Å². The van der Waals surface area contributed by atoms with Crippen molar-refractivity contribution in [1.82, 2.24) is 0 Å². The van der Waals surface area contributed by atoms with E-state index in [0.717, 1.165) is 51.4 Å². The first-order valence-corrected chi connectivity index (χ1v) is 10.2. The Balaban J connectivity index is 4.75. The predicted octanol–water partition coefficient (Wildman–Crippen LogP) is 4.18. The summed E-state index contributed by atoms with van der Waals surface area (Å²) >= 11 is 0. The molecule has 0 aliphatic heterocycles. The lowest BCUT2D eigenvalue weighted by Crippen LogP contribution is -2.55. The molecule has 0 atom stereocenters. The Kier molecular flexibility index (Phi) is 13.0. The maximum atomic E-state index is 13.0. The van der Waals surface area contributed by atoms with Gasteiger partial charge in [0.25, 0.3) is 0 Å². The van der Waals surface area contributed by atoms with Crippen LogP contribution in [0.25, 0.3) is 0 Å². The molecule has 0 aromatic carbocycles. The van der Waals surface area contributed by atoms with Crippen molar-refractivity contribution in [2.75, 3.05) is 39.3 Å². The molecule has 0 heterocycles. The molecule has 0 aromatic heterocycles. The molecule has 0 aliphatic carbocycles. The molecule has 0 aliphatic rings. The van der Waals surface area contributed by atoms with Crippen LogP contribution >= 0.6 is 0 Å². The van der Waals surface area contributed by atoms with Crippen molar-refractivity contribution in [2.24, 2.45) is 0 Å². The lowest BCUT2D eigenvalue weighted by Gasteiger charge is -2.48. The van der Waals surface area contributed by atoms with Gasteiger partial charge in [-0.05, 0) is 25.7 Å². The third kappa shape index (κ3) is 10.6. The summed E-state index contributed by atoms with van der Waals surface area (Å²) in [6.45, 7) is 10.9. The van der Waals surface area contributed by atoms with Gasteiger partial charge in [0.15, 0.2) is 6.10 Å². The highest BCUT2D eigenvalue weighted by Crippen LogP contribution is 2.16. The molecule has 0 unspecified atom stereocenters. The predicted molar refractivity (Wildman–Crippen MR) is 102 cm³/mol. The molecule has 5 heteroatoms. The second-order valence-corrected chi connectivity index (χ2v) is 7.44. The monoisotopic (exact) mass is 346 g/mol. The number of aliphatic hydroxyl groups is 1. The molecule has 0 saturated carbocycles. The number of rotatable bonds is 16. The number of aliphatic hydroxyl groups excluding tert-OH is 1. The van der Waals surface area contributed by atoms with E-state index < -0.39 is 6.10 Å². The van der Waals surface area contributed by atoms with Crippen molar-refractivity contribution in [3.8, 4) is 0 Å². The van der Waals surface area contributed by atoms with Crippen molar-refractivity contribution in [3.05, 3.63) is 10.4 Å². The molecule has 0 bridgehead atoms. The first-order valence-electron chi connectivity index (χ1n) is 10.2. The summed E-state index contributed by atoms with van der Waals surface area (Å²) in [6, 6.07) is 0. The zero-order valence-corrected chi connectivity index (χ0v) is 16.6. The lowest BCUT2D eigenvalue weighted by atomic mass is 10.2. The molecule has 0 saturated heterocycles. The summed E-state index contributed by atoms with van der Waals surface area (Å²) in [5, 5.41) is 36.5. The van der Waals surface area contributed by atoms with Crippen molar-refractivity contribution in [3.63, 3.8) is 0 Å². The number of quaternary nitrogens is 2. The van der Waals surface area contributed by atoms with Crippen molar-refractivity contribution >= 4 is 0 Å². The number of hydroxylamine groups is 6. The molecule has 1 N–H and O–H groups in total. The van der Waals surface area contributed by atoms with Crippen molar-refractivity contribution in [2.45, 2.75) is 85.2 Å². The molecule has 0 radical (unpaired) electrons. The summed E-state index contributed by atoms with van der Waals surface area (Å²) < 4.78 is -0.686. The first kappa shape index (κ1) is 23.8. The molecular weight excluding hydrogens is 304 g/mol. The van der Waals surface area contributed by atoms with Gasteiger partial charge in [0.2, 0.25) is 0 Å². The van der Waals surface area contributed by atoms with Crippen LogP contribution in [0.15, 0.2) is 0 Å². The van der Waals surface area contributed by atoms with Gasteiger partial charge in [-0.2, -0.15) is 0 Å². The largest absolute Gasteiger partial charge is 0.633 e. The van der Waals surface area contributed by atoms with E-state index in [1.807, 2.05) is 0 Å². The average molecular weight is 347 g/mol. The van der Waals surface area contributed by atoms with Gasteiger partial charge < -0.3 is 24.8 Å². The Morgan fingerprint density at radius 2 is 0.875 bits per heavy atom. The van der Waals surface area contributed by atoms with Gasteiger partial charge in [-0.3, -0.25) is 0 Å². The summed E-state index contributed by atoms with van der Waals surface area (Å²) in [5.41, 5.74) is 0. The minimum absolute atomic E-state index is 0.167. The fraction of sp³-hybridized carbons (Fsp3) is 1.00. The third-order valence-electron chi connectivity index (χ3n) is 4.76. The minimum atomic E-state index is -0.803. The smallest absolute Gasteiger partial charge is 0.152 e. The van der Waals surface area contributed by atoms with Crippen molar-refractivity contribution in [1.29, 1.82) is 0 Å². The minimum Gasteiger partial charge on any atom is -0.633 e. The Labute approximate surface area is 150 Å². The van der Waals surface area contributed by atoms with E-state index in [0.29, 0.717) is 26.2 Å². The van der Waals surface area contributed by atoms with Gasteiger partial charge in [-0.1, -0.05) is 53.4 Å². The molecule has 146 valence electrons. The standard InChI is InChI=1S/C19H42N2O3/c1-5-9-13-20(23,14-10-6-2)17-19(22)18-21(24,15-11-7-3)16-12-8-4/h19,22H,5-18H2,1-4H3. The van der Waals surface area contributed by atoms with E-state index in [4.69, 9.17) is 0 Å². The van der Waals surface area contributed by atoms with Crippen LogP contribution in [-0.2, 0) is 0 Å². The topological polar surface area (TPSA) is 66.3 Å². The number of hydrogen-bond acceptors (Lipinski definition) is 3. The summed E-state index contributed by atoms with van der Waals surface area (Å²) in [7, 11) is 0. The summed E-state index contributed by atoms with van der Waals surface area (Å²) in [6.07, 6.45) is 6.65. The highest BCUT2D eigenvalue weighted by Gasteiger charge is 2.27. The summed E-state index contributed by atoms with van der Waals surface area (Å²) in [4.78, 5) is 0. The number of unbranched alkanes of at least 4 members (excludes halogenated alkanes) is 4. The Morgan fingerprint density at radius 3 is 1.08 bits per heavy atom. The molecule has 0 rings (SSSR count). The van der Waals surface area contributed by atoms with Crippen LogP contribution in [0.2, 0.25) is 0 Å². The number of nitrogens with zero attached hydrogens (tertiary/aromatic N) is 2. The summed E-state index contributed by atoms with van der Waals surface area (Å²) in [5.74, 6) is 0. The van der Waals surface area contributed by atoms with Crippen molar-refractivity contribution < 1.29 is 14.4 Å². The second-order valence-electron chi connectivity index (χ2n) is 7.44. The van der Waals surface area contributed by atoms with Gasteiger partial charge in [0.1, 0.15) is 13.1 Å². The van der Waals surface area contributed by atoms with Crippen LogP contribution < -0.4 is 0 Å². The van der Waals surface area contributed by atoms with Gasteiger partial charge in [0, 0.05) is 0 Å². The molecule has 0 amide bonds. The first-order chi connectivity index (χ1) is 11.3. The molecule has 0 aromatic rings. The van der Waals surface area contributed by atoms with Gasteiger partial charge in [-0.15, -0.1) is 0 Å². The van der Waals surface area contributed by atoms with Crippen LogP contribution in [0.1, 0.15) is 79.1 Å². The quantitative estimate of drug-likeness (QED) is 0.337. The molecule has 0 fully saturated rings. The highest BCUT2D eigenvalue weighted by atomic mass is 16.6. The maximum absolute atomic E-state index is 13.0. The van der Waals surface area contributed by atoms with Crippen LogP contribution in [0.3, 0.4) is 0 Å². The normalized spacial score (nSPS) is 13.0. The van der Waals surface area contributed by atoms with Crippen LogP contribution in [0.5, 0.6) is 0 Å². The molecular formula is C19H42N2O3. The van der Waals surface area contributed by atoms with Gasteiger partial charge >= 0.3 is 0 Å². The van der Waals surface area contributed by atoms with E-state index in [2.05, 4.69) is 27.7 Å². The maximum Gasteiger partial charge on any atom is 0.152 e. The zero-order chi connectivity index (χ0) is 18.5. The Bertz CT molecular complexity index is 256. The third-order valence-corrected chi connectivity index (χ3v) is 4.76. The van der Waals surface area contributed by atoms with E-state index in [-0.39, 0.29) is 22.4 Å².